The van der Waals surface area contributed by atoms with Gasteiger partial charge in [0.15, 0.2) is 11.5 Å². The summed E-state index contributed by atoms with van der Waals surface area (Å²) in [6.45, 7) is 6.86. The summed E-state index contributed by atoms with van der Waals surface area (Å²) in [5.41, 5.74) is 0.311. The second kappa shape index (κ2) is 7.99. The average Bonchev–Trinajstić information content (AvgIpc) is 3.20. The van der Waals surface area contributed by atoms with Gasteiger partial charge in [-0.1, -0.05) is 13.8 Å². The first-order chi connectivity index (χ1) is 12.5. The number of nitrogens with zero attached hydrogens (tertiary/aromatic N) is 4. The van der Waals surface area contributed by atoms with Crippen molar-refractivity contribution >= 4 is 17.6 Å². The maximum absolute atomic E-state index is 12.6. The Morgan fingerprint density at radius 3 is 2.31 bits per heavy atom. The van der Waals surface area contributed by atoms with Crippen molar-refractivity contribution in [1.29, 1.82) is 0 Å². The van der Waals surface area contributed by atoms with Gasteiger partial charge in [0.2, 0.25) is 0 Å². The fourth-order valence-corrected chi connectivity index (χ4v) is 2.68. The van der Waals surface area contributed by atoms with Crippen LogP contribution in [0.2, 0.25) is 0 Å². The first-order valence-electron chi connectivity index (χ1n) is 8.74. The van der Waals surface area contributed by atoms with E-state index in [0.29, 0.717) is 49.4 Å². The number of carbonyl (C=O) groups is 2. The summed E-state index contributed by atoms with van der Waals surface area (Å²) in [6.07, 6.45) is 1.48. The first-order valence-corrected chi connectivity index (χ1v) is 8.74. The second-order valence-electron chi connectivity index (χ2n) is 6.64. The van der Waals surface area contributed by atoms with Crippen molar-refractivity contribution in [3.63, 3.8) is 0 Å². The average molecular weight is 357 g/mol. The van der Waals surface area contributed by atoms with Crippen LogP contribution >= 0.6 is 0 Å². The lowest BCUT2D eigenvalue weighted by atomic mass is 10.2. The summed E-state index contributed by atoms with van der Waals surface area (Å²) in [7, 11) is 0. The number of piperazine rings is 1. The maximum Gasteiger partial charge on any atom is 0.289 e. The van der Waals surface area contributed by atoms with Crippen LogP contribution in [0.3, 0.4) is 0 Å². The molecule has 0 saturated carbocycles. The molecule has 0 spiro atoms. The quantitative estimate of drug-likeness (QED) is 0.876. The smallest absolute Gasteiger partial charge is 0.289 e. The molecule has 1 N–H and O–H groups in total. The molecule has 0 aromatic carbocycles. The third kappa shape index (κ3) is 4.19. The lowest BCUT2D eigenvalue weighted by Gasteiger charge is -2.34. The predicted octanol–water partition coefficient (Wildman–Crippen LogP) is 1.74. The van der Waals surface area contributed by atoms with Crippen LogP contribution in [0.15, 0.2) is 34.9 Å². The van der Waals surface area contributed by atoms with Crippen LogP contribution in [-0.4, -0.2) is 64.5 Å². The minimum atomic E-state index is -0.169. The minimum absolute atomic E-state index is 0.150. The van der Waals surface area contributed by atoms with Crippen molar-refractivity contribution in [2.24, 2.45) is 5.92 Å². The Morgan fingerprint density at radius 2 is 1.77 bits per heavy atom. The van der Waals surface area contributed by atoms with Crippen LogP contribution in [0, 0.1) is 5.92 Å². The Kier molecular flexibility index (Phi) is 5.50. The number of hydrogen-bond acceptors (Lipinski definition) is 6. The fourth-order valence-electron chi connectivity index (χ4n) is 2.68. The molecule has 2 aromatic rings. The zero-order valence-corrected chi connectivity index (χ0v) is 15.0. The number of anilines is 1. The van der Waals surface area contributed by atoms with Crippen molar-refractivity contribution < 1.29 is 14.0 Å². The molecule has 0 aliphatic carbocycles. The summed E-state index contributed by atoms with van der Waals surface area (Å²) >= 11 is 0. The Labute approximate surface area is 152 Å². The van der Waals surface area contributed by atoms with E-state index in [1.165, 1.54) is 6.26 Å². The summed E-state index contributed by atoms with van der Waals surface area (Å²) in [5.74, 6) is 1.16. The molecule has 3 rings (SSSR count). The second-order valence-corrected chi connectivity index (χ2v) is 6.64. The molecular formula is C18H23N5O3. The largest absolute Gasteiger partial charge is 0.459 e. The van der Waals surface area contributed by atoms with Crippen molar-refractivity contribution in [3.05, 3.63) is 42.0 Å². The lowest BCUT2D eigenvalue weighted by molar-refractivity contribution is 0.0514. The number of aromatic nitrogens is 2. The standard InChI is InChI=1S/C18H23N5O3/c1-13(2)12-19-16-6-5-14(20-21-16)17(24)22-7-9-23(10-8-22)18(25)15-4-3-11-26-15/h3-6,11,13H,7-10,12H2,1-2H3,(H,19,21). The Balaban J connectivity index is 1.54. The highest BCUT2D eigenvalue weighted by atomic mass is 16.3. The topological polar surface area (TPSA) is 91.6 Å². The van der Waals surface area contributed by atoms with Gasteiger partial charge in [0.25, 0.3) is 11.8 Å². The number of carbonyl (C=O) groups excluding carboxylic acids is 2. The first kappa shape index (κ1) is 17.9. The van der Waals surface area contributed by atoms with E-state index in [1.807, 2.05) is 0 Å². The van der Waals surface area contributed by atoms with E-state index in [4.69, 9.17) is 4.42 Å². The molecule has 0 atom stereocenters. The monoisotopic (exact) mass is 357 g/mol. The third-order valence-corrected chi connectivity index (χ3v) is 4.16. The number of amides is 2. The molecule has 2 amide bonds. The predicted molar refractivity (Wildman–Crippen MR) is 95.9 cm³/mol. The molecule has 26 heavy (non-hydrogen) atoms. The van der Waals surface area contributed by atoms with Gasteiger partial charge in [0, 0.05) is 32.7 Å². The molecular weight excluding hydrogens is 334 g/mol. The van der Waals surface area contributed by atoms with E-state index in [0.717, 1.165) is 6.54 Å². The molecule has 3 heterocycles. The van der Waals surface area contributed by atoms with Crippen LogP contribution in [0.5, 0.6) is 0 Å². The molecule has 0 radical (unpaired) electrons. The fraction of sp³-hybridized carbons (Fsp3) is 0.444. The van der Waals surface area contributed by atoms with E-state index >= 15 is 0 Å². The maximum atomic E-state index is 12.6. The number of hydrogen-bond donors (Lipinski definition) is 1. The van der Waals surface area contributed by atoms with E-state index in [1.54, 1.807) is 34.1 Å². The molecule has 8 nitrogen and oxygen atoms in total. The molecule has 0 unspecified atom stereocenters. The Morgan fingerprint density at radius 1 is 1.08 bits per heavy atom. The molecule has 1 saturated heterocycles. The highest BCUT2D eigenvalue weighted by molar-refractivity contribution is 5.93. The third-order valence-electron chi connectivity index (χ3n) is 4.16. The van der Waals surface area contributed by atoms with Crippen molar-refractivity contribution in [1.82, 2.24) is 20.0 Å². The van der Waals surface area contributed by atoms with E-state index < -0.39 is 0 Å². The van der Waals surface area contributed by atoms with E-state index in [9.17, 15) is 9.59 Å². The van der Waals surface area contributed by atoms with Crippen LogP contribution < -0.4 is 5.32 Å². The van der Waals surface area contributed by atoms with Gasteiger partial charge < -0.3 is 19.5 Å². The molecule has 2 aromatic heterocycles. The normalized spacial score (nSPS) is 14.6. The number of rotatable bonds is 5. The van der Waals surface area contributed by atoms with Crippen LogP contribution in [0.4, 0.5) is 5.82 Å². The van der Waals surface area contributed by atoms with Crippen LogP contribution in [0.25, 0.3) is 0 Å². The van der Waals surface area contributed by atoms with Crippen molar-refractivity contribution in [2.75, 3.05) is 38.0 Å². The Bertz CT molecular complexity index is 735. The highest BCUT2D eigenvalue weighted by Gasteiger charge is 2.27. The molecule has 1 aliphatic rings. The van der Waals surface area contributed by atoms with Crippen LogP contribution in [0.1, 0.15) is 34.9 Å². The van der Waals surface area contributed by atoms with E-state index in [-0.39, 0.29) is 11.8 Å². The Hall–Kier alpha value is -2.90. The molecule has 0 bridgehead atoms. The van der Waals surface area contributed by atoms with Gasteiger partial charge in [-0.05, 0) is 30.2 Å². The lowest BCUT2D eigenvalue weighted by Crippen LogP contribution is -2.50. The molecule has 1 aliphatic heterocycles. The van der Waals surface area contributed by atoms with E-state index in [2.05, 4.69) is 29.4 Å². The minimum Gasteiger partial charge on any atom is -0.459 e. The SMILES string of the molecule is CC(C)CNc1ccc(C(=O)N2CCN(C(=O)c3ccco3)CC2)nn1. The summed E-state index contributed by atoms with van der Waals surface area (Å²) in [6, 6.07) is 6.77. The molecule has 8 heteroatoms. The molecule has 138 valence electrons. The van der Waals surface area contributed by atoms with Gasteiger partial charge in [-0.25, -0.2) is 0 Å². The number of nitrogens with one attached hydrogen (secondary N) is 1. The van der Waals surface area contributed by atoms with Gasteiger partial charge in [-0.2, -0.15) is 0 Å². The van der Waals surface area contributed by atoms with Crippen molar-refractivity contribution in [3.8, 4) is 0 Å². The number of furan rings is 1. The highest BCUT2D eigenvalue weighted by Crippen LogP contribution is 2.12. The zero-order chi connectivity index (χ0) is 18.5. The van der Waals surface area contributed by atoms with Crippen LogP contribution in [-0.2, 0) is 0 Å². The van der Waals surface area contributed by atoms with Crippen molar-refractivity contribution in [2.45, 2.75) is 13.8 Å². The van der Waals surface area contributed by atoms with Gasteiger partial charge in [-0.3, -0.25) is 9.59 Å². The van der Waals surface area contributed by atoms with Gasteiger partial charge >= 0.3 is 0 Å². The van der Waals surface area contributed by atoms with Gasteiger partial charge in [-0.15, -0.1) is 10.2 Å². The van der Waals surface area contributed by atoms with Gasteiger partial charge in [0.05, 0.1) is 6.26 Å². The summed E-state index contributed by atoms with van der Waals surface area (Å²) in [5, 5.41) is 11.3. The zero-order valence-electron chi connectivity index (χ0n) is 15.0. The summed E-state index contributed by atoms with van der Waals surface area (Å²) in [4.78, 5) is 28.2. The summed E-state index contributed by atoms with van der Waals surface area (Å²) < 4.78 is 5.14. The van der Waals surface area contributed by atoms with Gasteiger partial charge in [0.1, 0.15) is 5.82 Å². The molecule has 1 fully saturated rings.